The Morgan fingerprint density at radius 1 is 0.897 bits per heavy atom. The van der Waals surface area contributed by atoms with E-state index in [4.69, 9.17) is 4.42 Å². The Morgan fingerprint density at radius 3 is 2.46 bits per heavy atom. The van der Waals surface area contributed by atoms with Crippen molar-refractivity contribution in [3.05, 3.63) is 113 Å². The summed E-state index contributed by atoms with van der Waals surface area (Å²) in [5.41, 5.74) is 5.67. The molecule has 0 fully saturated rings. The summed E-state index contributed by atoms with van der Waals surface area (Å²) in [6, 6.07) is 23.8. The fraction of sp³-hybridized carbons (Fsp3) is 0.125. The monoisotopic (exact) mass is 520 g/mol. The van der Waals surface area contributed by atoms with Gasteiger partial charge in [-0.15, -0.1) is 0 Å². The molecule has 7 heteroatoms. The normalized spacial score (nSPS) is 14.3. The summed E-state index contributed by atoms with van der Waals surface area (Å²) < 4.78 is 19.6. The van der Waals surface area contributed by atoms with Crippen molar-refractivity contribution in [2.75, 3.05) is 7.05 Å². The molecule has 4 aromatic carbocycles. The number of nitrogens with one attached hydrogen (secondary N) is 2. The maximum Gasteiger partial charge on any atom is 0.255 e. The maximum absolute atomic E-state index is 13.5. The number of hydrogen-bond donors (Lipinski definition) is 3. The molecule has 0 aliphatic heterocycles. The molecule has 5 aromatic rings. The van der Waals surface area contributed by atoms with Crippen molar-refractivity contribution in [3.8, 4) is 28.2 Å². The maximum atomic E-state index is 13.5. The number of aryl methyl sites for hydroxylation is 1. The molecule has 6 rings (SSSR count). The molecule has 1 heterocycles. The van der Waals surface area contributed by atoms with Gasteiger partial charge in [-0.05, 0) is 95.8 Å². The van der Waals surface area contributed by atoms with Gasteiger partial charge in [0.05, 0.1) is 11.6 Å². The highest BCUT2D eigenvalue weighted by Gasteiger charge is 2.25. The third kappa shape index (κ3) is 4.52. The van der Waals surface area contributed by atoms with Crippen LogP contribution in [0, 0.1) is 5.82 Å². The van der Waals surface area contributed by atoms with Crippen LogP contribution in [0.4, 0.5) is 4.39 Å². The summed E-state index contributed by atoms with van der Waals surface area (Å²) in [5.74, 6) is -0.353. The van der Waals surface area contributed by atoms with Gasteiger partial charge in [0, 0.05) is 23.6 Å². The first kappa shape index (κ1) is 24.4. The van der Waals surface area contributed by atoms with Crippen molar-refractivity contribution in [2.24, 2.45) is 0 Å². The number of furan rings is 1. The minimum Gasteiger partial charge on any atom is -0.508 e. The first-order valence-corrected chi connectivity index (χ1v) is 12.7. The quantitative estimate of drug-likeness (QED) is 0.251. The SMILES string of the molecule is CNC(=O)c1c(-c2ccc(F)cc2)oc2ccc(-c3cccc(C(=O)N[C@@H]4CCc5ccc(O)cc54)c3)cc12. The molecule has 0 spiro atoms. The number of amides is 2. The summed E-state index contributed by atoms with van der Waals surface area (Å²) in [6.07, 6.45) is 1.62. The van der Waals surface area contributed by atoms with Gasteiger partial charge in [0.25, 0.3) is 11.8 Å². The molecule has 0 radical (unpaired) electrons. The number of carbonyl (C=O) groups is 2. The van der Waals surface area contributed by atoms with Crippen molar-refractivity contribution in [2.45, 2.75) is 18.9 Å². The van der Waals surface area contributed by atoms with Crippen LogP contribution in [0.2, 0.25) is 0 Å². The van der Waals surface area contributed by atoms with E-state index in [2.05, 4.69) is 10.6 Å². The van der Waals surface area contributed by atoms with E-state index in [0.29, 0.717) is 33.4 Å². The zero-order valence-corrected chi connectivity index (χ0v) is 21.1. The Balaban J connectivity index is 1.34. The molecule has 1 aliphatic rings. The van der Waals surface area contributed by atoms with Crippen molar-refractivity contribution in [1.82, 2.24) is 10.6 Å². The van der Waals surface area contributed by atoms with E-state index < -0.39 is 0 Å². The zero-order chi connectivity index (χ0) is 27.1. The van der Waals surface area contributed by atoms with Gasteiger partial charge >= 0.3 is 0 Å². The van der Waals surface area contributed by atoms with E-state index in [9.17, 15) is 19.1 Å². The van der Waals surface area contributed by atoms with Gasteiger partial charge in [-0.1, -0.05) is 24.3 Å². The summed E-state index contributed by atoms with van der Waals surface area (Å²) >= 11 is 0. The lowest BCUT2D eigenvalue weighted by Crippen LogP contribution is -2.27. The van der Waals surface area contributed by atoms with E-state index in [1.54, 1.807) is 43.4 Å². The van der Waals surface area contributed by atoms with E-state index in [-0.39, 0.29) is 29.4 Å². The zero-order valence-electron chi connectivity index (χ0n) is 21.1. The second kappa shape index (κ2) is 9.76. The number of fused-ring (bicyclic) bond motifs is 2. The van der Waals surface area contributed by atoms with E-state index >= 15 is 0 Å². The molecule has 0 bridgehead atoms. The summed E-state index contributed by atoms with van der Waals surface area (Å²) in [4.78, 5) is 26.1. The number of benzene rings is 4. The van der Waals surface area contributed by atoms with Gasteiger partial charge in [0.1, 0.15) is 22.9 Å². The number of aromatic hydroxyl groups is 1. The number of hydrogen-bond acceptors (Lipinski definition) is 4. The molecule has 2 amide bonds. The van der Waals surface area contributed by atoms with Crippen LogP contribution in [0.3, 0.4) is 0 Å². The topological polar surface area (TPSA) is 91.6 Å². The van der Waals surface area contributed by atoms with Crippen LogP contribution in [0.25, 0.3) is 33.4 Å². The van der Waals surface area contributed by atoms with Gasteiger partial charge < -0.3 is 20.2 Å². The first-order chi connectivity index (χ1) is 18.9. The van der Waals surface area contributed by atoms with Crippen LogP contribution in [-0.4, -0.2) is 24.0 Å². The van der Waals surface area contributed by atoms with Crippen LogP contribution in [0.5, 0.6) is 5.75 Å². The molecule has 194 valence electrons. The molecule has 39 heavy (non-hydrogen) atoms. The number of phenols is 1. The number of halogens is 1. The average Bonchev–Trinajstić information content (AvgIpc) is 3.53. The largest absolute Gasteiger partial charge is 0.508 e. The number of rotatable bonds is 5. The highest BCUT2D eigenvalue weighted by atomic mass is 19.1. The summed E-state index contributed by atoms with van der Waals surface area (Å²) in [6.45, 7) is 0. The molecule has 0 saturated heterocycles. The Labute approximate surface area is 224 Å². The second-order valence-electron chi connectivity index (χ2n) is 9.63. The van der Waals surface area contributed by atoms with Gasteiger partial charge in [-0.25, -0.2) is 4.39 Å². The second-order valence-corrected chi connectivity index (χ2v) is 9.63. The predicted molar refractivity (Wildman–Crippen MR) is 147 cm³/mol. The van der Waals surface area contributed by atoms with Crippen LogP contribution < -0.4 is 10.6 Å². The van der Waals surface area contributed by atoms with E-state index in [0.717, 1.165) is 35.1 Å². The standard InChI is InChI=1S/C32H25FN2O4/c1-34-32(38)29-26-16-21(9-14-28(26)39-30(29)19-5-10-23(33)11-6-19)20-3-2-4-22(15-20)31(37)35-27-13-8-18-7-12-24(36)17-25(18)27/h2-7,9-12,14-17,27,36H,8,13H2,1H3,(H,34,38)(H,35,37)/t27-/m1/s1. The lowest BCUT2D eigenvalue weighted by molar-refractivity contribution is 0.0934. The lowest BCUT2D eigenvalue weighted by Gasteiger charge is -2.15. The fourth-order valence-corrected chi connectivity index (χ4v) is 5.25. The third-order valence-electron chi connectivity index (χ3n) is 7.22. The Morgan fingerprint density at radius 2 is 1.67 bits per heavy atom. The first-order valence-electron chi connectivity index (χ1n) is 12.7. The van der Waals surface area contributed by atoms with E-state index in [1.807, 2.05) is 36.4 Å². The Kier molecular flexibility index (Phi) is 6.11. The minimum absolute atomic E-state index is 0.162. The highest BCUT2D eigenvalue weighted by molar-refractivity contribution is 6.11. The molecule has 1 aliphatic carbocycles. The molecule has 1 aromatic heterocycles. The van der Waals surface area contributed by atoms with Crippen molar-refractivity contribution in [1.29, 1.82) is 0 Å². The fourth-order valence-electron chi connectivity index (χ4n) is 5.25. The third-order valence-corrected chi connectivity index (χ3v) is 7.22. The van der Waals surface area contributed by atoms with Gasteiger partial charge in [-0.3, -0.25) is 9.59 Å². The van der Waals surface area contributed by atoms with Crippen LogP contribution in [0.15, 0.2) is 89.3 Å². The van der Waals surface area contributed by atoms with Crippen molar-refractivity contribution < 1.29 is 23.5 Å². The molecule has 3 N–H and O–H groups in total. The molecular formula is C32H25FN2O4. The van der Waals surface area contributed by atoms with Crippen molar-refractivity contribution in [3.63, 3.8) is 0 Å². The predicted octanol–water partition coefficient (Wildman–Crippen LogP) is 6.39. The minimum atomic E-state index is -0.377. The van der Waals surface area contributed by atoms with E-state index in [1.165, 1.54) is 12.1 Å². The van der Waals surface area contributed by atoms with Crippen LogP contribution in [-0.2, 0) is 6.42 Å². The summed E-state index contributed by atoms with van der Waals surface area (Å²) in [7, 11) is 1.55. The highest BCUT2D eigenvalue weighted by Crippen LogP contribution is 2.37. The number of phenolic OH excluding ortho intramolecular Hbond substituents is 1. The van der Waals surface area contributed by atoms with Crippen LogP contribution >= 0.6 is 0 Å². The average molecular weight is 521 g/mol. The number of carbonyl (C=O) groups excluding carboxylic acids is 2. The Hall–Kier alpha value is -4.91. The molecule has 1 atom stereocenters. The molecular weight excluding hydrogens is 495 g/mol. The van der Waals surface area contributed by atoms with Crippen LogP contribution in [0.1, 0.15) is 44.3 Å². The Bertz CT molecular complexity index is 1740. The van der Waals surface area contributed by atoms with Crippen molar-refractivity contribution >= 4 is 22.8 Å². The van der Waals surface area contributed by atoms with Gasteiger partial charge in [0.2, 0.25) is 0 Å². The lowest BCUT2D eigenvalue weighted by atomic mass is 9.98. The smallest absolute Gasteiger partial charge is 0.255 e. The molecule has 0 saturated carbocycles. The summed E-state index contributed by atoms with van der Waals surface area (Å²) in [5, 5.41) is 16.3. The molecule has 6 nitrogen and oxygen atoms in total. The van der Waals surface area contributed by atoms with Gasteiger partial charge in [0.15, 0.2) is 0 Å². The molecule has 0 unspecified atom stereocenters. The van der Waals surface area contributed by atoms with Gasteiger partial charge in [-0.2, -0.15) is 0 Å².